The first kappa shape index (κ1) is 25.6. The summed E-state index contributed by atoms with van der Waals surface area (Å²) in [5.41, 5.74) is 4.19. The molecule has 0 saturated heterocycles. The number of benzene rings is 6. The summed E-state index contributed by atoms with van der Waals surface area (Å²) in [5.74, 6) is 1.50. The zero-order chi connectivity index (χ0) is 27.6. The quantitative estimate of drug-likeness (QED) is 0.153. The van der Waals surface area contributed by atoms with Crippen LogP contribution in [0.15, 0.2) is 115 Å². The highest BCUT2D eigenvalue weighted by molar-refractivity contribution is 7.62. The van der Waals surface area contributed by atoms with Gasteiger partial charge in [0.25, 0.3) is 0 Å². The SMILES string of the molecule is COc1ccc(-c2cc3ccccc3c([PH](=O)c3ccc4ccccc4c3C=O)c2-c2ccc(OC)cc2)cc1. The van der Waals surface area contributed by atoms with Gasteiger partial charge in [-0.3, -0.25) is 4.79 Å². The number of rotatable bonds is 7. The van der Waals surface area contributed by atoms with E-state index in [2.05, 4.69) is 6.07 Å². The Labute approximate surface area is 233 Å². The first-order chi connectivity index (χ1) is 19.6. The van der Waals surface area contributed by atoms with Crippen LogP contribution < -0.4 is 20.1 Å². The molecule has 4 nitrogen and oxygen atoms in total. The molecule has 0 aromatic heterocycles. The Morgan fingerprint density at radius 1 is 0.625 bits per heavy atom. The number of carbonyl (C=O) groups is 1. The maximum atomic E-state index is 14.9. The molecule has 0 bridgehead atoms. The number of hydrogen-bond acceptors (Lipinski definition) is 4. The van der Waals surface area contributed by atoms with Crippen LogP contribution in [0.5, 0.6) is 11.5 Å². The highest BCUT2D eigenvalue weighted by Crippen LogP contribution is 2.41. The molecule has 0 N–H and O–H groups in total. The fourth-order valence-corrected chi connectivity index (χ4v) is 7.32. The van der Waals surface area contributed by atoms with Crippen LogP contribution in [0.2, 0.25) is 0 Å². The molecular weight excluding hydrogens is 515 g/mol. The lowest BCUT2D eigenvalue weighted by Crippen LogP contribution is -2.16. The molecule has 0 heterocycles. The molecule has 0 aliphatic heterocycles. The zero-order valence-corrected chi connectivity index (χ0v) is 23.2. The lowest BCUT2D eigenvalue weighted by atomic mass is 9.91. The van der Waals surface area contributed by atoms with Crippen molar-refractivity contribution in [3.8, 4) is 33.8 Å². The number of aldehydes is 1. The first-order valence-corrected chi connectivity index (χ1v) is 14.4. The minimum absolute atomic E-state index is 0.474. The average Bonchev–Trinajstić information content (AvgIpc) is 3.03. The minimum atomic E-state index is -2.67. The van der Waals surface area contributed by atoms with Crippen molar-refractivity contribution in [2.75, 3.05) is 14.2 Å². The van der Waals surface area contributed by atoms with E-state index in [0.717, 1.165) is 66.9 Å². The fourth-order valence-electron chi connectivity index (χ4n) is 5.39. The molecule has 0 amide bonds. The van der Waals surface area contributed by atoms with Gasteiger partial charge in [0.1, 0.15) is 19.3 Å². The van der Waals surface area contributed by atoms with Gasteiger partial charge in [0.05, 0.1) is 14.2 Å². The predicted molar refractivity (Wildman–Crippen MR) is 166 cm³/mol. The van der Waals surface area contributed by atoms with Crippen molar-refractivity contribution in [1.29, 1.82) is 0 Å². The summed E-state index contributed by atoms with van der Waals surface area (Å²) in [6.45, 7) is 0. The summed E-state index contributed by atoms with van der Waals surface area (Å²) in [6, 6.07) is 37.4. The summed E-state index contributed by atoms with van der Waals surface area (Å²) in [7, 11) is 0.610. The van der Waals surface area contributed by atoms with Gasteiger partial charge in [-0.25, -0.2) is 0 Å². The molecule has 196 valence electrons. The van der Waals surface area contributed by atoms with Crippen molar-refractivity contribution in [3.05, 3.63) is 121 Å². The zero-order valence-electron chi connectivity index (χ0n) is 22.2. The molecule has 6 aromatic carbocycles. The second-order valence-corrected chi connectivity index (χ2v) is 11.2. The van der Waals surface area contributed by atoms with E-state index < -0.39 is 7.80 Å². The molecular formula is C35H27O4P. The number of carbonyl (C=O) groups excluding carboxylic acids is 1. The van der Waals surface area contributed by atoms with Gasteiger partial charge < -0.3 is 14.0 Å². The van der Waals surface area contributed by atoms with E-state index in [1.54, 1.807) is 14.2 Å². The second kappa shape index (κ2) is 10.8. The van der Waals surface area contributed by atoms with Crippen LogP contribution in [-0.2, 0) is 4.57 Å². The van der Waals surface area contributed by atoms with E-state index in [0.29, 0.717) is 10.9 Å². The van der Waals surface area contributed by atoms with E-state index in [1.807, 2.05) is 109 Å². The first-order valence-electron chi connectivity index (χ1n) is 13.0. The van der Waals surface area contributed by atoms with Gasteiger partial charge >= 0.3 is 0 Å². The normalized spacial score (nSPS) is 11.8. The van der Waals surface area contributed by atoms with E-state index in [-0.39, 0.29) is 0 Å². The van der Waals surface area contributed by atoms with Crippen molar-refractivity contribution in [2.24, 2.45) is 0 Å². The van der Waals surface area contributed by atoms with E-state index in [9.17, 15) is 9.36 Å². The summed E-state index contributed by atoms with van der Waals surface area (Å²) in [6.07, 6.45) is 0.836. The van der Waals surface area contributed by atoms with Gasteiger partial charge in [0, 0.05) is 21.7 Å². The lowest BCUT2D eigenvalue weighted by Gasteiger charge is -2.20. The Morgan fingerprint density at radius 2 is 1.20 bits per heavy atom. The van der Waals surface area contributed by atoms with Crippen LogP contribution in [0.3, 0.4) is 0 Å². The standard InChI is InChI=1S/C35H27O4P/c1-38-27-16-11-24(12-17-27)31-21-26-8-4-6-10-30(26)35(34(31)25-13-18-28(39-2)19-14-25)40(37)33-20-15-23-7-3-5-9-29(23)32(33)22-36/h3-22,40H,1-2H3. The molecule has 0 aliphatic rings. The highest BCUT2D eigenvalue weighted by Gasteiger charge is 2.24. The molecule has 6 rings (SSSR count). The van der Waals surface area contributed by atoms with Crippen molar-refractivity contribution < 1.29 is 18.8 Å². The Morgan fingerprint density at radius 3 is 1.82 bits per heavy atom. The van der Waals surface area contributed by atoms with Crippen LogP contribution in [0, 0.1) is 0 Å². The third-order valence-corrected chi connectivity index (χ3v) is 9.29. The van der Waals surface area contributed by atoms with E-state index in [4.69, 9.17) is 9.47 Å². The molecule has 40 heavy (non-hydrogen) atoms. The molecule has 1 unspecified atom stereocenters. The van der Waals surface area contributed by atoms with Gasteiger partial charge in [-0.15, -0.1) is 0 Å². The smallest absolute Gasteiger partial charge is 0.151 e. The maximum Gasteiger partial charge on any atom is 0.151 e. The van der Waals surface area contributed by atoms with Crippen LogP contribution in [0.4, 0.5) is 0 Å². The van der Waals surface area contributed by atoms with Crippen LogP contribution in [0.25, 0.3) is 43.8 Å². The van der Waals surface area contributed by atoms with Crippen molar-refractivity contribution >= 4 is 46.2 Å². The summed E-state index contributed by atoms with van der Waals surface area (Å²) in [5, 5.41) is 4.92. The number of methoxy groups -OCH3 is 2. The van der Waals surface area contributed by atoms with Gasteiger partial charge in [0.2, 0.25) is 0 Å². The second-order valence-electron chi connectivity index (χ2n) is 9.55. The van der Waals surface area contributed by atoms with Crippen molar-refractivity contribution in [2.45, 2.75) is 0 Å². The number of fused-ring (bicyclic) bond motifs is 2. The molecule has 0 aliphatic carbocycles. The molecule has 0 radical (unpaired) electrons. The Balaban J connectivity index is 1.71. The van der Waals surface area contributed by atoms with E-state index >= 15 is 0 Å². The van der Waals surface area contributed by atoms with Crippen LogP contribution in [0.1, 0.15) is 10.4 Å². The van der Waals surface area contributed by atoms with Gasteiger partial charge in [-0.05, 0) is 68.6 Å². The predicted octanol–water partition coefficient (Wildman–Crippen LogP) is 7.67. The number of ether oxygens (including phenoxy) is 2. The Hall–Kier alpha value is -4.66. The van der Waals surface area contributed by atoms with Gasteiger partial charge in [-0.1, -0.05) is 84.9 Å². The van der Waals surface area contributed by atoms with Crippen LogP contribution >= 0.6 is 7.80 Å². The third kappa shape index (κ3) is 4.47. The van der Waals surface area contributed by atoms with Crippen LogP contribution in [-0.4, -0.2) is 20.5 Å². The van der Waals surface area contributed by atoms with Crippen molar-refractivity contribution in [3.63, 3.8) is 0 Å². The third-order valence-electron chi connectivity index (χ3n) is 7.39. The summed E-state index contributed by atoms with van der Waals surface area (Å²) >= 11 is 0. The lowest BCUT2D eigenvalue weighted by molar-refractivity contribution is 0.112. The highest BCUT2D eigenvalue weighted by atomic mass is 31.1. The van der Waals surface area contributed by atoms with Gasteiger partial charge in [0.15, 0.2) is 6.29 Å². The molecule has 0 fully saturated rings. The maximum absolute atomic E-state index is 14.9. The molecule has 1 atom stereocenters. The average molecular weight is 543 g/mol. The summed E-state index contributed by atoms with van der Waals surface area (Å²) < 4.78 is 25.7. The van der Waals surface area contributed by atoms with E-state index in [1.165, 1.54) is 0 Å². The molecule has 6 aromatic rings. The number of hydrogen-bond donors (Lipinski definition) is 0. The topological polar surface area (TPSA) is 52.6 Å². The molecule has 5 heteroatoms. The van der Waals surface area contributed by atoms with Crippen molar-refractivity contribution in [1.82, 2.24) is 0 Å². The largest absolute Gasteiger partial charge is 0.497 e. The molecule has 0 spiro atoms. The monoisotopic (exact) mass is 542 g/mol. The van der Waals surface area contributed by atoms with Gasteiger partial charge in [-0.2, -0.15) is 0 Å². The molecule has 0 saturated carbocycles. The summed E-state index contributed by atoms with van der Waals surface area (Å²) in [4.78, 5) is 12.5. The fraction of sp³-hybridized carbons (Fsp3) is 0.0571. The Bertz CT molecular complexity index is 1890. The minimum Gasteiger partial charge on any atom is -0.497 e. The Kier molecular flexibility index (Phi) is 6.94.